The molecule has 1 aliphatic rings. The highest BCUT2D eigenvalue weighted by Crippen LogP contribution is 2.24. The molecule has 1 saturated heterocycles. The van der Waals surface area contributed by atoms with E-state index in [9.17, 15) is 9.59 Å². The summed E-state index contributed by atoms with van der Waals surface area (Å²) in [5.74, 6) is -1.15. The molecule has 1 aliphatic heterocycles. The number of benzene rings is 1. The maximum Gasteiger partial charge on any atom is 0.308 e. The third kappa shape index (κ3) is 4.21. The van der Waals surface area contributed by atoms with Crippen LogP contribution in [0.4, 0.5) is 0 Å². The van der Waals surface area contributed by atoms with Gasteiger partial charge in [0.25, 0.3) is 0 Å². The Kier molecular flexibility index (Phi) is 5.23. The number of rotatable bonds is 5. The molecule has 0 radical (unpaired) electrons. The smallest absolute Gasteiger partial charge is 0.308 e. The van der Waals surface area contributed by atoms with Crippen molar-refractivity contribution in [2.24, 2.45) is 11.8 Å². The largest absolute Gasteiger partial charge is 0.481 e. The minimum Gasteiger partial charge on any atom is -0.481 e. The van der Waals surface area contributed by atoms with Crippen molar-refractivity contribution in [3.63, 3.8) is 0 Å². The molecule has 0 aliphatic carbocycles. The van der Waals surface area contributed by atoms with Gasteiger partial charge in [-0.1, -0.05) is 30.7 Å². The molecule has 2 atom stereocenters. The maximum atomic E-state index is 12.1. The van der Waals surface area contributed by atoms with Crippen molar-refractivity contribution in [3.8, 4) is 0 Å². The van der Waals surface area contributed by atoms with Gasteiger partial charge in [0.15, 0.2) is 0 Å². The Bertz CT molecular complexity index is 515. The summed E-state index contributed by atoms with van der Waals surface area (Å²) >= 11 is 5.83. The SMILES string of the molecule is C[C@@H]1CN(C(=O)CCCc2ccc(Cl)cc2)C[C@H]1C(=O)O. The van der Waals surface area contributed by atoms with Crippen LogP contribution in [-0.2, 0) is 16.0 Å². The second-order valence-electron chi connectivity index (χ2n) is 5.70. The molecule has 21 heavy (non-hydrogen) atoms. The van der Waals surface area contributed by atoms with E-state index in [4.69, 9.17) is 16.7 Å². The van der Waals surface area contributed by atoms with Crippen LogP contribution in [-0.4, -0.2) is 35.0 Å². The molecule has 114 valence electrons. The van der Waals surface area contributed by atoms with E-state index in [0.717, 1.165) is 18.4 Å². The van der Waals surface area contributed by atoms with Crippen molar-refractivity contribution in [1.29, 1.82) is 0 Å². The van der Waals surface area contributed by atoms with Crippen LogP contribution in [0.15, 0.2) is 24.3 Å². The minimum atomic E-state index is -0.807. The number of carboxylic acids is 1. The van der Waals surface area contributed by atoms with E-state index in [-0.39, 0.29) is 11.8 Å². The van der Waals surface area contributed by atoms with E-state index in [0.29, 0.717) is 24.5 Å². The van der Waals surface area contributed by atoms with E-state index >= 15 is 0 Å². The van der Waals surface area contributed by atoms with Crippen LogP contribution in [0.3, 0.4) is 0 Å². The molecule has 1 N–H and O–H groups in total. The Morgan fingerprint density at radius 1 is 1.29 bits per heavy atom. The summed E-state index contributed by atoms with van der Waals surface area (Å²) in [5.41, 5.74) is 1.16. The summed E-state index contributed by atoms with van der Waals surface area (Å²) in [6.07, 6.45) is 2.05. The van der Waals surface area contributed by atoms with Gasteiger partial charge in [0.2, 0.25) is 5.91 Å². The molecule has 5 heteroatoms. The molecular formula is C16H20ClNO3. The second kappa shape index (κ2) is 6.94. The lowest BCUT2D eigenvalue weighted by atomic mass is 9.99. The molecule has 1 heterocycles. The Morgan fingerprint density at radius 3 is 2.52 bits per heavy atom. The summed E-state index contributed by atoms with van der Waals surface area (Å²) in [5, 5.41) is 9.79. The fourth-order valence-electron chi connectivity index (χ4n) is 2.74. The van der Waals surface area contributed by atoms with Crippen LogP contribution in [0.2, 0.25) is 5.02 Å². The molecule has 0 spiro atoms. The molecular weight excluding hydrogens is 290 g/mol. The molecule has 2 rings (SSSR count). The van der Waals surface area contributed by atoms with E-state index in [1.807, 2.05) is 31.2 Å². The summed E-state index contributed by atoms with van der Waals surface area (Å²) in [4.78, 5) is 24.9. The number of aryl methyl sites for hydroxylation is 1. The van der Waals surface area contributed by atoms with Gasteiger partial charge >= 0.3 is 5.97 Å². The number of hydrogen-bond acceptors (Lipinski definition) is 2. The molecule has 0 saturated carbocycles. The van der Waals surface area contributed by atoms with Crippen LogP contribution in [0, 0.1) is 11.8 Å². The Balaban J connectivity index is 1.77. The Hall–Kier alpha value is -1.55. The molecule has 1 amide bonds. The number of carbonyl (C=O) groups excluding carboxylic acids is 1. The number of carboxylic acid groups (broad SMARTS) is 1. The van der Waals surface area contributed by atoms with Crippen molar-refractivity contribution in [3.05, 3.63) is 34.9 Å². The summed E-state index contributed by atoms with van der Waals surface area (Å²) in [7, 11) is 0. The molecule has 0 aromatic heterocycles. The van der Waals surface area contributed by atoms with Crippen LogP contribution in [0.25, 0.3) is 0 Å². The van der Waals surface area contributed by atoms with Gasteiger partial charge in [-0.05, 0) is 36.5 Å². The zero-order valence-corrected chi connectivity index (χ0v) is 12.8. The molecule has 4 nitrogen and oxygen atoms in total. The molecule has 1 fully saturated rings. The van der Waals surface area contributed by atoms with Gasteiger partial charge in [0.1, 0.15) is 0 Å². The lowest BCUT2D eigenvalue weighted by Gasteiger charge is -2.15. The van der Waals surface area contributed by atoms with Gasteiger partial charge in [0.05, 0.1) is 5.92 Å². The number of hydrogen-bond donors (Lipinski definition) is 1. The number of amides is 1. The topological polar surface area (TPSA) is 57.6 Å². The molecule has 1 aromatic rings. The predicted octanol–water partition coefficient (Wildman–Crippen LogP) is 2.84. The van der Waals surface area contributed by atoms with Crippen LogP contribution >= 0.6 is 11.6 Å². The normalized spacial score (nSPS) is 21.5. The van der Waals surface area contributed by atoms with Crippen molar-refractivity contribution in [2.45, 2.75) is 26.2 Å². The molecule has 0 bridgehead atoms. The van der Waals surface area contributed by atoms with E-state index in [1.54, 1.807) is 4.90 Å². The predicted molar refractivity (Wildman–Crippen MR) is 81.3 cm³/mol. The average Bonchev–Trinajstić information content (AvgIpc) is 2.83. The van der Waals surface area contributed by atoms with Crippen molar-refractivity contribution < 1.29 is 14.7 Å². The first-order valence-electron chi connectivity index (χ1n) is 7.22. The second-order valence-corrected chi connectivity index (χ2v) is 6.14. The summed E-state index contributed by atoms with van der Waals surface area (Å²) < 4.78 is 0. The van der Waals surface area contributed by atoms with Gasteiger partial charge in [-0.3, -0.25) is 9.59 Å². The van der Waals surface area contributed by atoms with E-state index in [2.05, 4.69) is 0 Å². The number of carbonyl (C=O) groups is 2. The maximum absolute atomic E-state index is 12.1. The number of nitrogens with zero attached hydrogens (tertiary/aromatic N) is 1. The fraction of sp³-hybridized carbons (Fsp3) is 0.500. The standard InChI is InChI=1S/C16H20ClNO3/c1-11-9-18(10-14(11)16(20)21)15(19)4-2-3-12-5-7-13(17)8-6-12/h5-8,11,14H,2-4,9-10H2,1H3,(H,20,21)/t11-,14-/m1/s1. The lowest BCUT2D eigenvalue weighted by Crippen LogP contribution is -2.29. The summed E-state index contributed by atoms with van der Waals surface area (Å²) in [6, 6.07) is 7.62. The fourth-order valence-corrected chi connectivity index (χ4v) is 2.87. The lowest BCUT2D eigenvalue weighted by molar-refractivity contribution is -0.142. The number of halogens is 1. The molecule has 1 aromatic carbocycles. The quantitative estimate of drug-likeness (QED) is 0.910. The van der Waals surface area contributed by atoms with Gasteiger partial charge in [-0.15, -0.1) is 0 Å². The van der Waals surface area contributed by atoms with Crippen LogP contribution < -0.4 is 0 Å². The average molecular weight is 310 g/mol. The van der Waals surface area contributed by atoms with Crippen molar-refractivity contribution in [1.82, 2.24) is 4.90 Å². The van der Waals surface area contributed by atoms with Gasteiger partial charge in [-0.2, -0.15) is 0 Å². The highest BCUT2D eigenvalue weighted by Gasteiger charge is 2.36. The third-order valence-corrected chi connectivity index (χ3v) is 4.30. The number of likely N-dealkylation sites (tertiary alicyclic amines) is 1. The third-order valence-electron chi connectivity index (χ3n) is 4.05. The van der Waals surface area contributed by atoms with E-state index in [1.165, 1.54) is 0 Å². The van der Waals surface area contributed by atoms with Crippen LogP contribution in [0.5, 0.6) is 0 Å². The highest BCUT2D eigenvalue weighted by molar-refractivity contribution is 6.30. The molecule has 0 unspecified atom stereocenters. The summed E-state index contributed by atoms with van der Waals surface area (Å²) in [6.45, 7) is 2.78. The first kappa shape index (κ1) is 15.8. The van der Waals surface area contributed by atoms with Gasteiger partial charge < -0.3 is 10.0 Å². The first-order chi connectivity index (χ1) is 9.97. The van der Waals surface area contributed by atoms with Crippen molar-refractivity contribution in [2.75, 3.05) is 13.1 Å². The van der Waals surface area contributed by atoms with Crippen LogP contribution in [0.1, 0.15) is 25.3 Å². The van der Waals surface area contributed by atoms with E-state index < -0.39 is 11.9 Å². The number of aliphatic carboxylic acids is 1. The highest BCUT2D eigenvalue weighted by atomic mass is 35.5. The zero-order chi connectivity index (χ0) is 15.4. The Labute approximate surface area is 129 Å². The monoisotopic (exact) mass is 309 g/mol. The Morgan fingerprint density at radius 2 is 1.95 bits per heavy atom. The van der Waals surface area contributed by atoms with Gasteiger partial charge in [-0.25, -0.2) is 0 Å². The van der Waals surface area contributed by atoms with Gasteiger partial charge in [0, 0.05) is 24.5 Å². The minimum absolute atomic E-state index is 0.0303. The zero-order valence-electron chi connectivity index (χ0n) is 12.1. The first-order valence-corrected chi connectivity index (χ1v) is 7.60. The van der Waals surface area contributed by atoms with Crippen molar-refractivity contribution >= 4 is 23.5 Å².